The van der Waals surface area contributed by atoms with Gasteiger partial charge in [0.25, 0.3) is 0 Å². The van der Waals surface area contributed by atoms with Gasteiger partial charge in [-0.15, -0.1) is 11.6 Å². The van der Waals surface area contributed by atoms with Crippen LogP contribution in [0, 0.1) is 17.3 Å². The molecule has 0 aliphatic heterocycles. The minimum atomic E-state index is 0.681. The summed E-state index contributed by atoms with van der Waals surface area (Å²) in [7, 11) is 0. The minimum Gasteiger partial charge on any atom is -0.126 e. The molecular weight excluding hydrogens is 144 g/mol. The fourth-order valence-electron chi connectivity index (χ4n) is 2.27. The van der Waals surface area contributed by atoms with Gasteiger partial charge in [-0.2, -0.15) is 0 Å². The largest absolute Gasteiger partial charge is 0.126 e. The summed E-state index contributed by atoms with van der Waals surface area (Å²) in [6, 6.07) is 0. The lowest BCUT2D eigenvalue weighted by Gasteiger charge is -2.32. The van der Waals surface area contributed by atoms with E-state index in [-0.39, 0.29) is 0 Å². The predicted octanol–water partition coefficient (Wildman–Crippen LogP) is 3.05. The van der Waals surface area contributed by atoms with E-state index in [1.807, 2.05) is 0 Å². The molecule has 2 atom stereocenters. The molecule has 10 heavy (non-hydrogen) atoms. The first kappa shape index (κ1) is 6.97. The van der Waals surface area contributed by atoms with Crippen molar-refractivity contribution in [1.82, 2.24) is 0 Å². The number of hydrogen-bond donors (Lipinski definition) is 0. The maximum absolute atomic E-state index is 5.81. The third-order valence-electron chi connectivity index (χ3n) is 3.68. The van der Waals surface area contributed by atoms with Crippen molar-refractivity contribution >= 4 is 11.6 Å². The second-order valence-corrected chi connectivity index (χ2v) is 4.50. The average Bonchev–Trinajstić information content (AvgIpc) is 2.37. The summed E-state index contributed by atoms with van der Waals surface area (Å²) in [5.41, 5.74) is 0.681. The summed E-state index contributed by atoms with van der Waals surface area (Å²) in [6.07, 6.45) is 5.82. The second kappa shape index (κ2) is 2.14. The zero-order chi connectivity index (χ0) is 7.19. The zero-order valence-corrected chi connectivity index (χ0v) is 7.32. The van der Waals surface area contributed by atoms with Crippen molar-refractivity contribution in [3.8, 4) is 0 Å². The van der Waals surface area contributed by atoms with Crippen LogP contribution in [0.3, 0.4) is 0 Å². The van der Waals surface area contributed by atoms with Crippen LogP contribution >= 0.6 is 11.6 Å². The molecular formula is C9H15Cl. The van der Waals surface area contributed by atoms with E-state index in [0.29, 0.717) is 5.41 Å². The van der Waals surface area contributed by atoms with Crippen molar-refractivity contribution in [2.45, 2.75) is 32.6 Å². The van der Waals surface area contributed by atoms with E-state index >= 15 is 0 Å². The van der Waals surface area contributed by atoms with Crippen LogP contribution in [0.4, 0.5) is 0 Å². The summed E-state index contributed by atoms with van der Waals surface area (Å²) in [6.45, 7) is 2.42. The molecule has 0 bridgehead atoms. The topological polar surface area (TPSA) is 0 Å². The highest BCUT2D eigenvalue weighted by atomic mass is 35.5. The van der Waals surface area contributed by atoms with Crippen LogP contribution in [0.2, 0.25) is 0 Å². The number of alkyl halides is 1. The molecule has 0 aromatic heterocycles. The molecule has 58 valence electrons. The van der Waals surface area contributed by atoms with Crippen LogP contribution in [-0.4, -0.2) is 5.88 Å². The fraction of sp³-hybridized carbons (Fsp3) is 1.00. The maximum Gasteiger partial charge on any atom is 0.0257 e. The van der Waals surface area contributed by atoms with Crippen LogP contribution in [-0.2, 0) is 0 Å². The van der Waals surface area contributed by atoms with Gasteiger partial charge in [0.1, 0.15) is 0 Å². The molecule has 2 fully saturated rings. The van der Waals surface area contributed by atoms with Crippen molar-refractivity contribution in [1.29, 1.82) is 0 Å². The van der Waals surface area contributed by atoms with Crippen LogP contribution < -0.4 is 0 Å². The Morgan fingerprint density at radius 1 is 1.50 bits per heavy atom. The van der Waals surface area contributed by atoms with Gasteiger partial charge in [0.05, 0.1) is 0 Å². The Bertz CT molecular complexity index is 140. The van der Waals surface area contributed by atoms with Crippen molar-refractivity contribution in [3.63, 3.8) is 0 Å². The Morgan fingerprint density at radius 2 is 2.20 bits per heavy atom. The Hall–Kier alpha value is 0.290. The fourth-order valence-corrected chi connectivity index (χ4v) is 2.73. The number of halogens is 1. The summed E-state index contributed by atoms with van der Waals surface area (Å²) >= 11 is 5.81. The van der Waals surface area contributed by atoms with Gasteiger partial charge in [0.15, 0.2) is 0 Å². The molecule has 0 amide bonds. The van der Waals surface area contributed by atoms with E-state index in [9.17, 15) is 0 Å². The highest BCUT2D eigenvalue weighted by Crippen LogP contribution is 2.62. The standard InChI is InChI=1S/C9H15Cl/c1-9(5-8(9)6-10)7-3-2-4-7/h7-8H,2-6H2,1H3. The molecule has 0 nitrogen and oxygen atoms in total. The molecule has 0 N–H and O–H groups in total. The first-order valence-electron chi connectivity index (χ1n) is 4.33. The van der Waals surface area contributed by atoms with E-state index in [0.717, 1.165) is 17.7 Å². The lowest BCUT2D eigenvalue weighted by atomic mass is 9.73. The molecule has 0 aromatic rings. The summed E-state index contributed by atoms with van der Waals surface area (Å²) in [5, 5.41) is 0. The molecule has 0 heterocycles. The van der Waals surface area contributed by atoms with Gasteiger partial charge in [-0.3, -0.25) is 0 Å². The van der Waals surface area contributed by atoms with Crippen molar-refractivity contribution in [2.75, 3.05) is 5.88 Å². The number of rotatable bonds is 2. The smallest absolute Gasteiger partial charge is 0.0257 e. The molecule has 1 heteroatoms. The molecule has 0 saturated heterocycles. The summed E-state index contributed by atoms with van der Waals surface area (Å²) < 4.78 is 0. The predicted molar refractivity (Wildman–Crippen MR) is 44.3 cm³/mol. The Labute approximate surface area is 68.0 Å². The first-order chi connectivity index (χ1) is 4.77. The zero-order valence-electron chi connectivity index (χ0n) is 6.57. The minimum absolute atomic E-state index is 0.681. The third-order valence-corrected chi connectivity index (χ3v) is 4.06. The average molecular weight is 159 g/mol. The number of hydrogen-bond acceptors (Lipinski definition) is 0. The van der Waals surface area contributed by atoms with Crippen LogP contribution in [0.15, 0.2) is 0 Å². The highest BCUT2D eigenvalue weighted by molar-refractivity contribution is 6.18. The van der Waals surface area contributed by atoms with Gasteiger partial charge < -0.3 is 0 Å². The van der Waals surface area contributed by atoms with Gasteiger partial charge in [-0.1, -0.05) is 13.3 Å². The lowest BCUT2D eigenvalue weighted by molar-refractivity contribution is 0.188. The van der Waals surface area contributed by atoms with E-state index in [2.05, 4.69) is 6.92 Å². The Kier molecular flexibility index (Phi) is 1.49. The van der Waals surface area contributed by atoms with Crippen LogP contribution in [0.5, 0.6) is 0 Å². The SMILES string of the molecule is CC1(C2CCC2)CC1CCl. The summed E-state index contributed by atoms with van der Waals surface area (Å²) in [5.74, 6) is 2.79. The van der Waals surface area contributed by atoms with Crippen molar-refractivity contribution in [2.24, 2.45) is 17.3 Å². The third kappa shape index (κ3) is 0.812. The maximum atomic E-state index is 5.81. The van der Waals surface area contributed by atoms with E-state index < -0.39 is 0 Å². The monoisotopic (exact) mass is 158 g/mol. The van der Waals surface area contributed by atoms with E-state index in [1.165, 1.54) is 25.7 Å². The van der Waals surface area contributed by atoms with Crippen molar-refractivity contribution < 1.29 is 0 Å². The Morgan fingerprint density at radius 3 is 2.50 bits per heavy atom. The molecule has 0 spiro atoms. The molecule has 2 rings (SSSR count). The molecule has 2 aliphatic rings. The summed E-state index contributed by atoms with van der Waals surface area (Å²) in [4.78, 5) is 0. The van der Waals surface area contributed by atoms with Gasteiger partial charge in [0, 0.05) is 5.88 Å². The van der Waals surface area contributed by atoms with Crippen LogP contribution in [0.25, 0.3) is 0 Å². The molecule has 2 unspecified atom stereocenters. The first-order valence-corrected chi connectivity index (χ1v) is 4.87. The Balaban J connectivity index is 1.92. The van der Waals surface area contributed by atoms with Gasteiger partial charge in [-0.05, 0) is 36.5 Å². The lowest BCUT2D eigenvalue weighted by Crippen LogP contribution is -2.22. The van der Waals surface area contributed by atoms with Gasteiger partial charge in [-0.25, -0.2) is 0 Å². The molecule has 2 saturated carbocycles. The van der Waals surface area contributed by atoms with E-state index in [4.69, 9.17) is 11.6 Å². The van der Waals surface area contributed by atoms with Crippen molar-refractivity contribution in [3.05, 3.63) is 0 Å². The molecule has 0 radical (unpaired) electrons. The highest BCUT2D eigenvalue weighted by Gasteiger charge is 2.55. The molecule has 0 aromatic carbocycles. The van der Waals surface area contributed by atoms with Crippen LogP contribution in [0.1, 0.15) is 32.6 Å². The quantitative estimate of drug-likeness (QED) is 0.542. The second-order valence-electron chi connectivity index (χ2n) is 4.19. The van der Waals surface area contributed by atoms with Gasteiger partial charge >= 0.3 is 0 Å². The molecule has 2 aliphatic carbocycles. The van der Waals surface area contributed by atoms with Gasteiger partial charge in [0.2, 0.25) is 0 Å². The normalized spacial score (nSPS) is 46.8. The van der Waals surface area contributed by atoms with E-state index in [1.54, 1.807) is 0 Å².